The van der Waals surface area contributed by atoms with Crippen LogP contribution in [0.25, 0.3) is 0 Å². The summed E-state index contributed by atoms with van der Waals surface area (Å²) in [6.45, 7) is 8.19. The predicted octanol–water partition coefficient (Wildman–Crippen LogP) is 2.28. The molecule has 2 aromatic rings. The minimum atomic E-state index is 0.185. The summed E-state index contributed by atoms with van der Waals surface area (Å²) in [7, 11) is 0. The van der Waals surface area contributed by atoms with Crippen molar-refractivity contribution in [2.75, 3.05) is 6.54 Å². The molecule has 0 amide bonds. The van der Waals surface area contributed by atoms with Crippen molar-refractivity contribution in [2.24, 2.45) is 0 Å². The summed E-state index contributed by atoms with van der Waals surface area (Å²) >= 11 is 0. The van der Waals surface area contributed by atoms with E-state index in [1.54, 1.807) is 12.4 Å². The fourth-order valence-corrected chi connectivity index (χ4v) is 2.34. The molecule has 0 fully saturated rings. The molecule has 1 unspecified atom stereocenters. The van der Waals surface area contributed by atoms with E-state index in [1.807, 2.05) is 13.1 Å². The summed E-state index contributed by atoms with van der Waals surface area (Å²) in [5, 5.41) is 8.06. The number of nitrogens with one attached hydrogen (secondary N) is 1. The zero-order valence-corrected chi connectivity index (χ0v) is 12.5. The zero-order valence-electron chi connectivity index (χ0n) is 12.5. The molecule has 0 radical (unpaired) electrons. The maximum absolute atomic E-state index is 4.51. The summed E-state index contributed by atoms with van der Waals surface area (Å²) in [4.78, 5) is 8.61. The molecule has 5 heteroatoms. The molecule has 20 heavy (non-hydrogen) atoms. The minimum absolute atomic E-state index is 0.185. The Morgan fingerprint density at radius 1 is 1.30 bits per heavy atom. The van der Waals surface area contributed by atoms with E-state index in [2.05, 4.69) is 45.0 Å². The predicted molar refractivity (Wildman–Crippen MR) is 79.4 cm³/mol. The van der Waals surface area contributed by atoms with Crippen molar-refractivity contribution in [3.63, 3.8) is 0 Å². The van der Waals surface area contributed by atoms with Gasteiger partial charge in [0.25, 0.3) is 0 Å². The lowest BCUT2D eigenvalue weighted by Gasteiger charge is -2.18. The van der Waals surface area contributed by atoms with Crippen LogP contribution in [-0.4, -0.2) is 26.3 Å². The van der Waals surface area contributed by atoms with Crippen LogP contribution in [0.5, 0.6) is 0 Å². The maximum atomic E-state index is 4.51. The summed E-state index contributed by atoms with van der Waals surface area (Å²) < 4.78 is 2.06. The Morgan fingerprint density at radius 2 is 2.15 bits per heavy atom. The van der Waals surface area contributed by atoms with Gasteiger partial charge in [0.1, 0.15) is 0 Å². The highest BCUT2D eigenvalue weighted by Gasteiger charge is 2.16. The van der Waals surface area contributed by atoms with Crippen LogP contribution >= 0.6 is 0 Å². The Morgan fingerprint density at radius 3 is 2.80 bits per heavy atom. The molecule has 0 saturated heterocycles. The molecule has 0 bridgehead atoms. The van der Waals surface area contributed by atoms with Gasteiger partial charge in [-0.1, -0.05) is 6.92 Å². The average Bonchev–Trinajstić information content (AvgIpc) is 2.84. The zero-order chi connectivity index (χ0) is 14.4. The molecule has 108 valence electrons. The van der Waals surface area contributed by atoms with Crippen LogP contribution in [0.2, 0.25) is 0 Å². The molecular weight excluding hydrogens is 250 g/mol. The molecule has 2 rings (SSSR count). The molecule has 2 aromatic heterocycles. The molecule has 0 aliphatic carbocycles. The van der Waals surface area contributed by atoms with E-state index < -0.39 is 0 Å². The van der Waals surface area contributed by atoms with Crippen LogP contribution in [0, 0.1) is 6.92 Å². The molecule has 2 heterocycles. The van der Waals surface area contributed by atoms with Crippen molar-refractivity contribution in [3.05, 3.63) is 41.7 Å². The van der Waals surface area contributed by atoms with Gasteiger partial charge in [-0.05, 0) is 32.9 Å². The molecule has 1 atom stereocenters. The fraction of sp³-hybridized carbons (Fsp3) is 0.533. The van der Waals surface area contributed by atoms with Gasteiger partial charge in [0.2, 0.25) is 0 Å². The number of hydrogen-bond donors (Lipinski definition) is 1. The quantitative estimate of drug-likeness (QED) is 0.841. The van der Waals surface area contributed by atoms with Gasteiger partial charge in [0.15, 0.2) is 0 Å². The Balaban J connectivity index is 2.19. The minimum Gasteiger partial charge on any atom is -0.308 e. The van der Waals surface area contributed by atoms with Crippen LogP contribution in [0.1, 0.15) is 43.4 Å². The third-order valence-electron chi connectivity index (χ3n) is 3.28. The van der Waals surface area contributed by atoms with Crippen LogP contribution < -0.4 is 5.32 Å². The largest absolute Gasteiger partial charge is 0.308 e. The number of hydrogen-bond acceptors (Lipinski definition) is 4. The number of nitrogens with zero attached hydrogens (tertiary/aromatic N) is 4. The van der Waals surface area contributed by atoms with Gasteiger partial charge in [-0.3, -0.25) is 14.6 Å². The summed E-state index contributed by atoms with van der Waals surface area (Å²) in [5.41, 5.74) is 3.29. The fourth-order valence-electron chi connectivity index (χ4n) is 2.34. The normalized spacial score (nSPS) is 12.6. The highest BCUT2D eigenvalue weighted by molar-refractivity contribution is 5.14. The average molecular weight is 273 g/mol. The highest BCUT2D eigenvalue weighted by atomic mass is 15.3. The smallest absolute Gasteiger partial charge is 0.0760 e. The Kier molecular flexibility index (Phi) is 5.24. The van der Waals surface area contributed by atoms with Gasteiger partial charge in [-0.15, -0.1) is 0 Å². The molecular formula is C15H23N5. The lowest BCUT2D eigenvalue weighted by Crippen LogP contribution is -2.26. The van der Waals surface area contributed by atoms with E-state index in [-0.39, 0.29) is 6.04 Å². The first-order valence-corrected chi connectivity index (χ1v) is 7.27. The Hall–Kier alpha value is -1.75. The van der Waals surface area contributed by atoms with Gasteiger partial charge in [-0.25, -0.2) is 0 Å². The topological polar surface area (TPSA) is 55.6 Å². The number of rotatable bonds is 7. The molecule has 0 aliphatic heterocycles. The van der Waals surface area contributed by atoms with Crippen molar-refractivity contribution >= 4 is 0 Å². The highest BCUT2D eigenvalue weighted by Crippen LogP contribution is 2.17. The number of aryl methyl sites for hydroxylation is 2. The lowest BCUT2D eigenvalue weighted by atomic mass is 10.1. The molecule has 0 aliphatic rings. The van der Waals surface area contributed by atoms with Crippen LogP contribution in [-0.2, 0) is 13.0 Å². The van der Waals surface area contributed by atoms with Gasteiger partial charge < -0.3 is 5.32 Å². The SMILES string of the molecule is CCCNC(Cc1cc(C)nn1CC)c1cnccn1. The second-order valence-corrected chi connectivity index (χ2v) is 4.93. The van der Waals surface area contributed by atoms with Gasteiger partial charge in [-0.2, -0.15) is 5.10 Å². The summed E-state index contributed by atoms with van der Waals surface area (Å²) in [6.07, 6.45) is 7.28. The van der Waals surface area contributed by atoms with Crippen molar-refractivity contribution in [1.29, 1.82) is 0 Å². The van der Waals surface area contributed by atoms with E-state index >= 15 is 0 Å². The van der Waals surface area contributed by atoms with E-state index in [1.165, 1.54) is 5.69 Å². The third kappa shape index (κ3) is 3.63. The summed E-state index contributed by atoms with van der Waals surface area (Å²) in [5.74, 6) is 0. The van der Waals surface area contributed by atoms with Crippen molar-refractivity contribution in [3.8, 4) is 0 Å². The second kappa shape index (κ2) is 7.14. The monoisotopic (exact) mass is 273 g/mol. The van der Waals surface area contributed by atoms with Crippen molar-refractivity contribution in [1.82, 2.24) is 25.1 Å². The van der Waals surface area contributed by atoms with Gasteiger partial charge in [0, 0.05) is 37.3 Å². The molecule has 0 spiro atoms. The first-order chi connectivity index (χ1) is 9.74. The van der Waals surface area contributed by atoms with E-state index in [4.69, 9.17) is 0 Å². The molecule has 0 saturated carbocycles. The number of aromatic nitrogens is 4. The van der Waals surface area contributed by atoms with Gasteiger partial charge >= 0.3 is 0 Å². The van der Waals surface area contributed by atoms with E-state index in [0.29, 0.717) is 0 Å². The molecule has 1 N–H and O–H groups in total. The second-order valence-electron chi connectivity index (χ2n) is 4.93. The van der Waals surface area contributed by atoms with E-state index in [0.717, 1.165) is 37.3 Å². The van der Waals surface area contributed by atoms with Crippen LogP contribution in [0.4, 0.5) is 0 Å². The third-order valence-corrected chi connectivity index (χ3v) is 3.28. The Bertz CT molecular complexity index is 520. The van der Waals surface area contributed by atoms with Crippen LogP contribution in [0.3, 0.4) is 0 Å². The van der Waals surface area contributed by atoms with E-state index in [9.17, 15) is 0 Å². The van der Waals surface area contributed by atoms with Crippen LogP contribution in [0.15, 0.2) is 24.7 Å². The standard InChI is InChI=1S/C15H23N5/c1-4-6-17-14(15-11-16-7-8-18-15)10-13-9-12(3)19-20(13)5-2/h7-9,11,14,17H,4-6,10H2,1-3H3. The molecule has 5 nitrogen and oxygen atoms in total. The van der Waals surface area contributed by atoms with Crippen molar-refractivity contribution < 1.29 is 0 Å². The summed E-state index contributed by atoms with van der Waals surface area (Å²) in [6, 6.07) is 2.34. The Labute approximate surface area is 120 Å². The maximum Gasteiger partial charge on any atom is 0.0760 e. The first-order valence-electron chi connectivity index (χ1n) is 7.27. The molecule has 0 aromatic carbocycles. The lowest BCUT2D eigenvalue weighted by molar-refractivity contribution is 0.492. The van der Waals surface area contributed by atoms with Gasteiger partial charge in [0.05, 0.1) is 17.4 Å². The van der Waals surface area contributed by atoms with Crippen molar-refractivity contribution in [2.45, 2.75) is 46.2 Å². The first kappa shape index (κ1) is 14.7.